The number of nitrogen functional groups attached to an aromatic ring is 1. The minimum absolute atomic E-state index is 0.164. The third-order valence-electron chi connectivity index (χ3n) is 2.14. The summed E-state index contributed by atoms with van der Waals surface area (Å²) in [6, 6.07) is 4.67. The lowest BCUT2D eigenvalue weighted by Crippen LogP contribution is -2.15. The maximum Gasteiger partial charge on any atom is 0.337 e. The molecule has 1 aromatic rings. The lowest BCUT2D eigenvalue weighted by atomic mass is 10.1. The van der Waals surface area contributed by atoms with Crippen LogP contribution in [0.2, 0.25) is 0 Å². The van der Waals surface area contributed by atoms with Crippen molar-refractivity contribution < 1.29 is 14.6 Å². The summed E-state index contributed by atoms with van der Waals surface area (Å²) in [6.45, 7) is 4.96. The molecule has 1 rings (SSSR count). The maximum absolute atomic E-state index is 11.0. The molecule has 0 spiro atoms. The Hall–Kier alpha value is -1.75. The van der Waals surface area contributed by atoms with Crippen LogP contribution in [-0.2, 0) is 4.74 Å². The van der Waals surface area contributed by atoms with Gasteiger partial charge in [0.25, 0.3) is 0 Å². The van der Waals surface area contributed by atoms with E-state index in [0.717, 1.165) is 0 Å². The quantitative estimate of drug-likeness (QED) is 0.520. The van der Waals surface area contributed by atoms with Gasteiger partial charge >= 0.3 is 5.97 Å². The van der Waals surface area contributed by atoms with Crippen LogP contribution in [-0.4, -0.2) is 30.3 Å². The molecule has 0 aromatic heterocycles. The number of nitrogens with one attached hydrogen (secondary N) is 1. The number of benzene rings is 1. The Morgan fingerprint density at radius 1 is 1.53 bits per heavy atom. The zero-order chi connectivity index (χ0) is 12.8. The predicted octanol–water partition coefficient (Wildman–Crippen LogP) is 1.80. The van der Waals surface area contributed by atoms with E-state index < -0.39 is 5.97 Å². The van der Waals surface area contributed by atoms with E-state index >= 15 is 0 Å². The highest BCUT2D eigenvalue weighted by Crippen LogP contribution is 2.18. The van der Waals surface area contributed by atoms with Crippen LogP contribution in [0.25, 0.3) is 0 Å². The number of hydrogen-bond acceptors (Lipinski definition) is 4. The van der Waals surface area contributed by atoms with Gasteiger partial charge in [-0.15, -0.1) is 0 Å². The smallest absolute Gasteiger partial charge is 0.337 e. The molecule has 0 atom stereocenters. The van der Waals surface area contributed by atoms with Crippen molar-refractivity contribution in [3.05, 3.63) is 23.8 Å². The van der Waals surface area contributed by atoms with Gasteiger partial charge in [-0.2, -0.15) is 0 Å². The molecule has 0 bridgehead atoms. The molecule has 0 aliphatic carbocycles. The second kappa shape index (κ2) is 6.10. The number of carbonyl (C=O) groups is 1. The van der Waals surface area contributed by atoms with E-state index in [4.69, 9.17) is 15.6 Å². The molecule has 0 aliphatic rings. The first kappa shape index (κ1) is 13.3. The van der Waals surface area contributed by atoms with Gasteiger partial charge in [-0.05, 0) is 32.0 Å². The molecular formula is C12H18N2O3. The minimum Gasteiger partial charge on any atom is -0.478 e. The molecule has 17 heavy (non-hydrogen) atoms. The van der Waals surface area contributed by atoms with Crippen LogP contribution in [0.15, 0.2) is 18.2 Å². The topological polar surface area (TPSA) is 84.6 Å². The molecule has 0 saturated heterocycles. The molecule has 1 aromatic carbocycles. The number of carboxylic acids is 1. The van der Waals surface area contributed by atoms with Crippen LogP contribution in [0.3, 0.4) is 0 Å². The highest BCUT2D eigenvalue weighted by molar-refractivity contribution is 5.95. The molecule has 4 N–H and O–H groups in total. The normalized spacial score (nSPS) is 10.5. The number of aromatic carboxylic acids is 1. The van der Waals surface area contributed by atoms with Crippen LogP contribution in [0, 0.1) is 0 Å². The highest BCUT2D eigenvalue weighted by atomic mass is 16.5. The summed E-state index contributed by atoms with van der Waals surface area (Å²) >= 11 is 0. The van der Waals surface area contributed by atoms with Crippen LogP contribution in [0.4, 0.5) is 11.4 Å². The molecule has 94 valence electrons. The SMILES string of the molecule is CC(C)OCCNc1cc(N)ccc1C(=O)O. The molecule has 0 saturated carbocycles. The third kappa shape index (κ3) is 4.32. The average molecular weight is 238 g/mol. The number of nitrogens with two attached hydrogens (primary N) is 1. The second-order valence-corrected chi connectivity index (χ2v) is 3.96. The minimum atomic E-state index is -0.975. The molecular weight excluding hydrogens is 220 g/mol. The van der Waals surface area contributed by atoms with Gasteiger partial charge in [0.1, 0.15) is 0 Å². The number of hydrogen-bond donors (Lipinski definition) is 3. The Bertz CT molecular complexity index is 391. The van der Waals surface area contributed by atoms with Gasteiger partial charge in [-0.3, -0.25) is 0 Å². The first-order valence-corrected chi connectivity index (χ1v) is 5.49. The van der Waals surface area contributed by atoms with Gasteiger partial charge in [0.05, 0.1) is 24.0 Å². The largest absolute Gasteiger partial charge is 0.478 e. The Morgan fingerprint density at radius 3 is 2.82 bits per heavy atom. The van der Waals surface area contributed by atoms with Crippen LogP contribution in [0.1, 0.15) is 24.2 Å². The fourth-order valence-electron chi connectivity index (χ4n) is 1.37. The Balaban J connectivity index is 2.62. The van der Waals surface area contributed by atoms with Crippen molar-refractivity contribution in [2.24, 2.45) is 0 Å². The summed E-state index contributed by atoms with van der Waals surface area (Å²) < 4.78 is 5.35. The van der Waals surface area contributed by atoms with Gasteiger partial charge in [0.2, 0.25) is 0 Å². The standard InChI is InChI=1S/C12H18N2O3/c1-8(2)17-6-5-14-11-7-9(13)3-4-10(11)12(15)16/h3-4,7-8,14H,5-6,13H2,1-2H3,(H,15,16). The second-order valence-electron chi connectivity index (χ2n) is 3.96. The van der Waals surface area contributed by atoms with E-state index in [-0.39, 0.29) is 11.7 Å². The Kier molecular flexibility index (Phi) is 4.78. The molecule has 0 fully saturated rings. The summed E-state index contributed by atoms with van der Waals surface area (Å²) in [5, 5.41) is 12.0. The number of carboxylic acid groups (broad SMARTS) is 1. The predicted molar refractivity (Wildman–Crippen MR) is 67.4 cm³/mol. The van der Waals surface area contributed by atoms with Crippen molar-refractivity contribution in [2.45, 2.75) is 20.0 Å². The fraction of sp³-hybridized carbons (Fsp3) is 0.417. The number of rotatable bonds is 6. The first-order valence-electron chi connectivity index (χ1n) is 5.49. The Labute approximate surface area is 101 Å². The van der Waals surface area contributed by atoms with Crippen LogP contribution in [0.5, 0.6) is 0 Å². The van der Waals surface area contributed by atoms with Crippen molar-refractivity contribution in [3.8, 4) is 0 Å². The molecule has 0 amide bonds. The zero-order valence-corrected chi connectivity index (χ0v) is 10.1. The van der Waals surface area contributed by atoms with Gasteiger partial charge in [0, 0.05) is 12.2 Å². The van der Waals surface area contributed by atoms with E-state index in [1.54, 1.807) is 12.1 Å². The monoisotopic (exact) mass is 238 g/mol. The van der Waals surface area contributed by atoms with E-state index in [2.05, 4.69) is 5.32 Å². The fourth-order valence-corrected chi connectivity index (χ4v) is 1.37. The lowest BCUT2D eigenvalue weighted by Gasteiger charge is -2.12. The van der Waals surface area contributed by atoms with Crippen molar-refractivity contribution in [1.29, 1.82) is 0 Å². The molecule has 0 heterocycles. The van der Waals surface area contributed by atoms with Gasteiger partial charge < -0.3 is 20.9 Å². The first-order chi connectivity index (χ1) is 8.00. The highest BCUT2D eigenvalue weighted by Gasteiger charge is 2.09. The van der Waals surface area contributed by atoms with E-state index in [9.17, 15) is 4.79 Å². The van der Waals surface area contributed by atoms with Gasteiger partial charge in [-0.1, -0.05) is 0 Å². The van der Waals surface area contributed by atoms with Crippen molar-refractivity contribution in [3.63, 3.8) is 0 Å². The van der Waals surface area contributed by atoms with Gasteiger partial charge in [0.15, 0.2) is 0 Å². The van der Waals surface area contributed by atoms with E-state index in [0.29, 0.717) is 24.5 Å². The summed E-state index contributed by atoms with van der Waals surface area (Å²) in [5.74, 6) is -0.975. The van der Waals surface area contributed by atoms with Gasteiger partial charge in [-0.25, -0.2) is 4.79 Å². The van der Waals surface area contributed by atoms with Crippen molar-refractivity contribution >= 4 is 17.3 Å². The Morgan fingerprint density at radius 2 is 2.24 bits per heavy atom. The number of ether oxygens (including phenoxy) is 1. The summed E-state index contributed by atoms with van der Waals surface area (Å²) in [5.41, 5.74) is 6.88. The van der Waals surface area contributed by atoms with E-state index in [1.165, 1.54) is 6.07 Å². The van der Waals surface area contributed by atoms with Crippen LogP contribution < -0.4 is 11.1 Å². The van der Waals surface area contributed by atoms with Crippen LogP contribution >= 0.6 is 0 Å². The summed E-state index contributed by atoms with van der Waals surface area (Å²) in [7, 11) is 0. The van der Waals surface area contributed by atoms with Crippen molar-refractivity contribution in [1.82, 2.24) is 0 Å². The molecule has 5 heteroatoms. The maximum atomic E-state index is 11.0. The summed E-state index contributed by atoms with van der Waals surface area (Å²) in [6.07, 6.45) is 0.164. The molecule has 0 radical (unpaired) electrons. The van der Waals surface area contributed by atoms with Crippen molar-refractivity contribution in [2.75, 3.05) is 24.2 Å². The van der Waals surface area contributed by atoms with E-state index in [1.807, 2.05) is 13.8 Å². The summed E-state index contributed by atoms with van der Waals surface area (Å²) in [4.78, 5) is 11.0. The third-order valence-corrected chi connectivity index (χ3v) is 2.14. The average Bonchev–Trinajstić information content (AvgIpc) is 2.23. The molecule has 5 nitrogen and oxygen atoms in total. The lowest BCUT2D eigenvalue weighted by molar-refractivity contribution is 0.0697. The molecule has 0 aliphatic heterocycles. The number of anilines is 2. The molecule has 0 unspecified atom stereocenters. The zero-order valence-electron chi connectivity index (χ0n) is 10.1.